The summed E-state index contributed by atoms with van der Waals surface area (Å²) in [6.07, 6.45) is 1.95. The zero-order chi connectivity index (χ0) is 17.4. The van der Waals surface area contributed by atoms with Crippen molar-refractivity contribution < 1.29 is 55.9 Å². The van der Waals surface area contributed by atoms with Crippen LogP contribution < -0.4 is 0 Å². The van der Waals surface area contributed by atoms with E-state index in [0.717, 1.165) is 12.8 Å². The summed E-state index contributed by atoms with van der Waals surface area (Å²) in [5.41, 5.74) is 0. The van der Waals surface area contributed by atoms with Crippen LogP contribution in [-0.2, 0) is 45.7 Å². The molecular formula is C14H24CuO8. The summed E-state index contributed by atoms with van der Waals surface area (Å²) in [7, 11) is 0. The van der Waals surface area contributed by atoms with E-state index in [1.807, 2.05) is 13.8 Å². The van der Waals surface area contributed by atoms with E-state index in [0.29, 0.717) is 12.8 Å². The van der Waals surface area contributed by atoms with Gasteiger partial charge in [-0.25, -0.2) is 0 Å². The van der Waals surface area contributed by atoms with Crippen LogP contribution in [0.15, 0.2) is 0 Å². The molecule has 0 bridgehead atoms. The minimum absolute atomic E-state index is 0. The second kappa shape index (κ2) is 18.4. The zero-order valence-electron chi connectivity index (χ0n) is 13.3. The van der Waals surface area contributed by atoms with Gasteiger partial charge < -0.3 is 19.7 Å². The average Bonchev–Trinajstić information content (AvgIpc) is 2.39. The molecule has 1 radical (unpaired) electrons. The third kappa shape index (κ3) is 25.7. The predicted octanol–water partition coefficient (Wildman–Crippen LogP) is 1.61. The molecule has 0 amide bonds. The van der Waals surface area contributed by atoms with Crippen LogP contribution in [0.3, 0.4) is 0 Å². The number of hydrogen-bond donors (Lipinski definition) is 2. The van der Waals surface area contributed by atoms with Gasteiger partial charge >= 0.3 is 23.9 Å². The van der Waals surface area contributed by atoms with Crippen molar-refractivity contribution in [1.82, 2.24) is 0 Å². The number of carbonyl (C=O) groups excluding carboxylic acids is 2. The summed E-state index contributed by atoms with van der Waals surface area (Å²) in [6, 6.07) is 0. The Morgan fingerprint density at radius 3 is 1.22 bits per heavy atom. The molecule has 0 fully saturated rings. The van der Waals surface area contributed by atoms with Crippen molar-refractivity contribution in [2.24, 2.45) is 0 Å². The van der Waals surface area contributed by atoms with Gasteiger partial charge in [0.25, 0.3) is 0 Å². The summed E-state index contributed by atoms with van der Waals surface area (Å²) in [5, 5.41) is 16.3. The zero-order valence-corrected chi connectivity index (χ0v) is 14.2. The molecule has 0 atom stereocenters. The Bertz CT molecular complexity index is 323. The molecule has 0 saturated carbocycles. The van der Waals surface area contributed by atoms with Gasteiger partial charge in [0, 0.05) is 29.9 Å². The Morgan fingerprint density at radius 2 is 1.00 bits per heavy atom. The van der Waals surface area contributed by atoms with E-state index >= 15 is 0 Å². The van der Waals surface area contributed by atoms with Crippen LogP contribution in [-0.4, -0.2) is 47.3 Å². The Balaban J connectivity index is -0.000000333. The molecule has 0 rings (SSSR count). The first-order valence-electron chi connectivity index (χ1n) is 7.08. The van der Waals surface area contributed by atoms with Gasteiger partial charge in [0.2, 0.25) is 0 Å². The number of carbonyl (C=O) groups is 4. The van der Waals surface area contributed by atoms with E-state index in [2.05, 4.69) is 9.47 Å². The van der Waals surface area contributed by atoms with E-state index in [-0.39, 0.29) is 55.1 Å². The third-order valence-corrected chi connectivity index (χ3v) is 2.07. The Labute approximate surface area is 146 Å². The molecule has 9 heteroatoms. The fourth-order valence-electron chi connectivity index (χ4n) is 1.06. The molecule has 139 valence electrons. The maximum atomic E-state index is 10.6. The number of esters is 2. The van der Waals surface area contributed by atoms with Gasteiger partial charge in [-0.1, -0.05) is 13.8 Å². The summed E-state index contributed by atoms with van der Waals surface area (Å²) >= 11 is 0. The first-order chi connectivity index (χ1) is 10.3. The van der Waals surface area contributed by atoms with Gasteiger partial charge in [-0.05, 0) is 12.8 Å². The monoisotopic (exact) mass is 383 g/mol. The molecule has 0 spiro atoms. The number of carboxylic acid groups (broad SMARTS) is 2. The van der Waals surface area contributed by atoms with Crippen molar-refractivity contribution in [3.05, 3.63) is 0 Å². The second-order valence-electron chi connectivity index (χ2n) is 4.23. The molecule has 8 nitrogen and oxygen atoms in total. The Hall–Kier alpha value is -1.60. The van der Waals surface area contributed by atoms with Crippen LogP contribution in [0.25, 0.3) is 0 Å². The number of ether oxygens (including phenoxy) is 2. The molecule has 0 unspecified atom stereocenters. The quantitative estimate of drug-likeness (QED) is 0.430. The van der Waals surface area contributed by atoms with E-state index in [1.165, 1.54) is 0 Å². The first kappa shape index (κ1) is 26.3. The maximum Gasteiger partial charge on any atom is 0.306 e. The molecule has 0 aliphatic carbocycles. The molecular weight excluding hydrogens is 360 g/mol. The molecule has 0 aromatic heterocycles. The van der Waals surface area contributed by atoms with Crippen LogP contribution in [0.5, 0.6) is 0 Å². The van der Waals surface area contributed by atoms with E-state index in [9.17, 15) is 19.2 Å². The summed E-state index contributed by atoms with van der Waals surface area (Å²) in [4.78, 5) is 41.1. The van der Waals surface area contributed by atoms with Crippen molar-refractivity contribution >= 4 is 23.9 Å². The van der Waals surface area contributed by atoms with Gasteiger partial charge in [0.1, 0.15) is 13.2 Å². The number of carboxylic acids is 2. The van der Waals surface area contributed by atoms with Gasteiger partial charge in [0.15, 0.2) is 0 Å². The van der Waals surface area contributed by atoms with Crippen molar-refractivity contribution in [1.29, 1.82) is 0 Å². The molecule has 0 heterocycles. The fourth-order valence-corrected chi connectivity index (χ4v) is 1.06. The van der Waals surface area contributed by atoms with Crippen molar-refractivity contribution in [2.75, 3.05) is 13.2 Å². The number of hydrogen-bond acceptors (Lipinski definition) is 6. The van der Waals surface area contributed by atoms with Crippen LogP contribution >= 0.6 is 0 Å². The molecule has 0 aliphatic heterocycles. The smallest absolute Gasteiger partial charge is 0.306 e. The topological polar surface area (TPSA) is 127 Å². The third-order valence-electron chi connectivity index (χ3n) is 2.07. The minimum Gasteiger partial charge on any atom is -0.481 e. The molecule has 0 saturated heterocycles. The summed E-state index contributed by atoms with van der Waals surface area (Å²) in [6.45, 7) is 3.68. The Morgan fingerprint density at radius 1 is 0.696 bits per heavy atom. The van der Waals surface area contributed by atoms with Crippen LogP contribution in [0.2, 0.25) is 0 Å². The van der Waals surface area contributed by atoms with Gasteiger partial charge in [0.05, 0.1) is 12.8 Å². The van der Waals surface area contributed by atoms with Crippen molar-refractivity contribution in [3.63, 3.8) is 0 Å². The predicted molar refractivity (Wildman–Crippen MR) is 76.2 cm³/mol. The Kier molecular flexibility index (Phi) is 21.1. The summed E-state index contributed by atoms with van der Waals surface area (Å²) in [5.74, 6) is -2.55. The average molecular weight is 384 g/mol. The van der Waals surface area contributed by atoms with Gasteiger partial charge in [-0.3, -0.25) is 19.2 Å². The normalized spacial score (nSPS) is 8.78. The molecule has 0 aliphatic rings. The molecule has 0 aromatic rings. The first-order valence-corrected chi connectivity index (χ1v) is 7.08. The van der Waals surface area contributed by atoms with Crippen LogP contribution in [0, 0.1) is 0 Å². The SMILES string of the molecule is CCCC(=O)OCCC(=O)O.CCCC(=O)OCCC(=O)O.[Cu]. The van der Waals surface area contributed by atoms with Crippen molar-refractivity contribution in [3.8, 4) is 0 Å². The molecule has 23 heavy (non-hydrogen) atoms. The van der Waals surface area contributed by atoms with Gasteiger partial charge in [-0.2, -0.15) is 0 Å². The number of rotatable bonds is 10. The second-order valence-corrected chi connectivity index (χ2v) is 4.23. The summed E-state index contributed by atoms with van der Waals surface area (Å²) < 4.78 is 9.15. The fraction of sp³-hybridized carbons (Fsp3) is 0.714. The maximum absolute atomic E-state index is 10.6. The van der Waals surface area contributed by atoms with Gasteiger partial charge in [-0.15, -0.1) is 0 Å². The van der Waals surface area contributed by atoms with Crippen LogP contribution in [0.1, 0.15) is 52.4 Å². The molecule has 2 N–H and O–H groups in total. The van der Waals surface area contributed by atoms with E-state index < -0.39 is 11.9 Å². The van der Waals surface area contributed by atoms with E-state index in [4.69, 9.17) is 10.2 Å². The minimum atomic E-state index is -0.950. The van der Waals surface area contributed by atoms with Crippen molar-refractivity contribution in [2.45, 2.75) is 52.4 Å². The number of aliphatic carboxylic acids is 2. The largest absolute Gasteiger partial charge is 0.481 e. The van der Waals surface area contributed by atoms with Crippen LogP contribution in [0.4, 0.5) is 0 Å². The van der Waals surface area contributed by atoms with E-state index in [1.54, 1.807) is 0 Å². The molecule has 0 aromatic carbocycles. The standard InChI is InChI=1S/2C7H12O4.Cu/c2*1-2-3-7(10)11-5-4-6(8)9;/h2*2-5H2,1H3,(H,8,9);.